The van der Waals surface area contributed by atoms with E-state index >= 15 is 0 Å². The number of benzene rings is 1. The number of ether oxygens (including phenoxy) is 1. The highest BCUT2D eigenvalue weighted by atomic mass is 16.5. The van der Waals surface area contributed by atoms with E-state index in [9.17, 15) is 0 Å². The average Bonchev–Trinajstić information content (AvgIpc) is 2.43. The molecule has 0 bridgehead atoms. The lowest BCUT2D eigenvalue weighted by Crippen LogP contribution is -2.29. The molecule has 0 radical (unpaired) electrons. The lowest BCUT2D eigenvalue weighted by atomic mass is 10.2. The third-order valence-corrected chi connectivity index (χ3v) is 2.94. The molecule has 102 valence electrons. The minimum absolute atomic E-state index is 0.243. The molecule has 1 aromatic carbocycles. The summed E-state index contributed by atoms with van der Waals surface area (Å²) in [5.41, 5.74) is 6.69. The lowest BCUT2D eigenvalue weighted by molar-refractivity contribution is 0.194. The Balaban J connectivity index is 2.35. The van der Waals surface area contributed by atoms with E-state index < -0.39 is 0 Å². The highest BCUT2D eigenvalue weighted by Crippen LogP contribution is 2.16. The molecule has 0 spiro atoms. The van der Waals surface area contributed by atoms with Crippen LogP contribution in [0.3, 0.4) is 0 Å². The Kier molecular flexibility index (Phi) is 7.41. The predicted octanol–water partition coefficient (Wildman–Crippen LogP) is 1.23. The lowest BCUT2D eigenvalue weighted by Gasteiger charge is -2.20. The first-order valence-electron chi connectivity index (χ1n) is 6.55. The van der Waals surface area contributed by atoms with Crippen LogP contribution in [0.1, 0.15) is 18.9 Å². The fourth-order valence-electron chi connectivity index (χ4n) is 1.82. The highest BCUT2D eigenvalue weighted by Gasteiger charge is 2.04. The summed E-state index contributed by atoms with van der Waals surface area (Å²) in [7, 11) is 0. The molecule has 0 unspecified atom stereocenters. The van der Waals surface area contributed by atoms with E-state index in [0.29, 0.717) is 13.2 Å². The maximum Gasteiger partial charge on any atom is 0.123 e. The van der Waals surface area contributed by atoms with E-state index in [1.54, 1.807) is 0 Å². The van der Waals surface area contributed by atoms with Crippen LogP contribution in [0.5, 0.6) is 5.75 Å². The summed E-state index contributed by atoms with van der Waals surface area (Å²) >= 11 is 0. The molecule has 4 nitrogen and oxygen atoms in total. The molecule has 0 saturated carbocycles. The second-order valence-corrected chi connectivity index (χ2v) is 4.17. The molecule has 0 aromatic heterocycles. The van der Waals surface area contributed by atoms with Gasteiger partial charge in [-0.05, 0) is 19.0 Å². The fraction of sp³-hybridized carbons (Fsp3) is 0.571. The molecular formula is C14H24N2O2. The van der Waals surface area contributed by atoms with Crippen LogP contribution in [-0.2, 0) is 6.54 Å². The number of nitrogens with zero attached hydrogens (tertiary/aromatic N) is 1. The van der Waals surface area contributed by atoms with Crippen LogP contribution in [0.15, 0.2) is 24.3 Å². The van der Waals surface area contributed by atoms with Gasteiger partial charge in [-0.3, -0.25) is 0 Å². The van der Waals surface area contributed by atoms with E-state index in [4.69, 9.17) is 15.6 Å². The number of likely N-dealkylation sites (N-methyl/N-ethyl adjacent to an activating group) is 1. The van der Waals surface area contributed by atoms with Crippen LogP contribution >= 0.6 is 0 Å². The minimum atomic E-state index is 0.243. The quantitative estimate of drug-likeness (QED) is 0.694. The standard InChI is InChI=1S/C14H24N2O2/c1-2-16(8-5-10-17)9-11-18-14-7-4-3-6-13(14)12-15/h3-4,6-7,17H,2,5,8-12,15H2,1H3. The number of rotatable bonds is 9. The zero-order chi connectivity index (χ0) is 13.2. The normalized spacial score (nSPS) is 10.9. The predicted molar refractivity (Wildman–Crippen MR) is 73.6 cm³/mol. The highest BCUT2D eigenvalue weighted by molar-refractivity contribution is 5.32. The summed E-state index contributed by atoms with van der Waals surface area (Å²) in [5, 5.41) is 8.81. The van der Waals surface area contributed by atoms with E-state index in [2.05, 4.69) is 11.8 Å². The number of aliphatic hydroxyl groups excluding tert-OH is 1. The van der Waals surface area contributed by atoms with Gasteiger partial charge in [-0.15, -0.1) is 0 Å². The second kappa shape index (κ2) is 8.91. The van der Waals surface area contributed by atoms with Crippen LogP contribution in [-0.4, -0.2) is 42.9 Å². The van der Waals surface area contributed by atoms with Gasteiger partial charge in [0.05, 0.1) is 0 Å². The van der Waals surface area contributed by atoms with Crippen molar-refractivity contribution in [2.45, 2.75) is 19.9 Å². The van der Waals surface area contributed by atoms with Crippen LogP contribution in [0, 0.1) is 0 Å². The molecule has 1 aromatic rings. The number of aliphatic hydroxyl groups is 1. The average molecular weight is 252 g/mol. The van der Waals surface area contributed by atoms with Crippen molar-refractivity contribution in [3.63, 3.8) is 0 Å². The molecule has 0 saturated heterocycles. The van der Waals surface area contributed by atoms with Gasteiger partial charge in [0.25, 0.3) is 0 Å². The van der Waals surface area contributed by atoms with Crippen LogP contribution in [0.25, 0.3) is 0 Å². The van der Waals surface area contributed by atoms with Gasteiger partial charge in [-0.2, -0.15) is 0 Å². The van der Waals surface area contributed by atoms with Crippen LogP contribution in [0.2, 0.25) is 0 Å². The Morgan fingerprint density at radius 2 is 2.06 bits per heavy atom. The molecule has 0 aliphatic carbocycles. The van der Waals surface area contributed by atoms with Crippen molar-refractivity contribution in [3.8, 4) is 5.75 Å². The minimum Gasteiger partial charge on any atom is -0.492 e. The summed E-state index contributed by atoms with van der Waals surface area (Å²) in [4.78, 5) is 2.27. The molecule has 1 rings (SSSR count). The van der Waals surface area contributed by atoms with Crippen molar-refractivity contribution >= 4 is 0 Å². The van der Waals surface area contributed by atoms with Gasteiger partial charge < -0.3 is 20.5 Å². The third-order valence-electron chi connectivity index (χ3n) is 2.94. The maximum absolute atomic E-state index is 8.81. The van der Waals surface area contributed by atoms with Gasteiger partial charge in [-0.25, -0.2) is 0 Å². The molecule has 18 heavy (non-hydrogen) atoms. The van der Waals surface area contributed by atoms with Crippen LogP contribution < -0.4 is 10.5 Å². The first-order chi connectivity index (χ1) is 8.81. The second-order valence-electron chi connectivity index (χ2n) is 4.17. The smallest absolute Gasteiger partial charge is 0.123 e. The Bertz CT molecular complexity index is 331. The van der Waals surface area contributed by atoms with Crippen molar-refractivity contribution in [1.29, 1.82) is 0 Å². The maximum atomic E-state index is 8.81. The number of para-hydroxylation sites is 1. The molecular weight excluding hydrogens is 228 g/mol. The molecule has 0 aliphatic rings. The van der Waals surface area contributed by atoms with Crippen molar-refractivity contribution < 1.29 is 9.84 Å². The van der Waals surface area contributed by atoms with Gasteiger partial charge in [0.2, 0.25) is 0 Å². The number of hydrogen-bond acceptors (Lipinski definition) is 4. The SMILES string of the molecule is CCN(CCCO)CCOc1ccccc1CN. The van der Waals surface area contributed by atoms with Crippen molar-refractivity contribution in [3.05, 3.63) is 29.8 Å². The summed E-state index contributed by atoms with van der Waals surface area (Å²) in [6.07, 6.45) is 0.813. The topological polar surface area (TPSA) is 58.7 Å². The van der Waals surface area contributed by atoms with Gasteiger partial charge in [0, 0.05) is 31.8 Å². The summed E-state index contributed by atoms with van der Waals surface area (Å²) in [6, 6.07) is 7.86. The van der Waals surface area contributed by atoms with Gasteiger partial charge in [-0.1, -0.05) is 25.1 Å². The van der Waals surface area contributed by atoms with Crippen LogP contribution in [0.4, 0.5) is 0 Å². The van der Waals surface area contributed by atoms with Crippen molar-refractivity contribution in [1.82, 2.24) is 4.90 Å². The van der Waals surface area contributed by atoms with Gasteiger partial charge in [0.15, 0.2) is 0 Å². The Labute approximate surface area is 109 Å². The summed E-state index contributed by atoms with van der Waals surface area (Å²) in [5.74, 6) is 0.873. The van der Waals surface area contributed by atoms with E-state index in [-0.39, 0.29) is 6.61 Å². The summed E-state index contributed by atoms with van der Waals surface area (Å²) < 4.78 is 5.76. The molecule has 0 amide bonds. The Hall–Kier alpha value is -1.10. The zero-order valence-corrected chi connectivity index (χ0v) is 11.1. The van der Waals surface area contributed by atoms with Gasteiger partial charge >= 0.3 is 0 Å². The Morgan fingerprint density at radius 3 is 2.72 bits per heavy atom. The first-order valence-corrected chi connectivity index (χ1v) is 6.55. The summed E-state index contributed by atoms with van der Waals surface area (Å²) in [6.45, 7) is 6.26. The van der Waals surface area contributed by atoms with E-state index in [0.717, 1.165) is 37.4 Å². The molecule has 3 N–H and O–H groups in total. The Morgan fingerprint density at radius 1 is 1.28 bits per heavy atom. The van der Waals surface area contributed by atoms with Crippen molar-refractivity contribution in [2.24, 2.45) is 5.73 Å². The van der Waals surface area contributed by atoms with E-state index in [1.807, 2.05) is 24.3 Å². The third kappa shape index (κ3) is 5.04. The number of nitrogens with two attached hydrogens (primary N) is 1. The number of hydrogen-bond donors (Lipinski definition) is 2. The first kappa shape index (κ1) is 15.0. The van der Waals surface area contributed by atoms with E-state index in [1.165, 1.54) is 0 Å². The van der Waals surface area contributed by atoms with Crippen molar-refractivity contribution in [2.75, 3.05) is 32.8 Å². The molecule has 0 heterocycles. The monoisotopic (exact) mass is 252 g/mol. The molecule has 4 heteroatoms. The van der Waals surface area contributed by atoms with Gasteiger partial charge in [0.1, 0.15) is 12.4 Å². The molecule has 0 aliphatic heterocycles. The molecule has 0 atom stereocenters. The zero-order valence-electron chi connectivity index (χ0n) is 11.1. The largest absolute Gasteiger partial charge is 0.492 e. The fourth-order valence-corrected chi connectivity index (χ4v) is 1.82. The molecule has 0 fully saturated rings.